The molecule has 1 heterocycles. The maximum Gasteiger partial charge on any atom is 0.0641 e. The van der Waals surface area contributed by atoms with Crippen molar-refractivity contribution in [3.8, 4) is 0 Å². The van der Waals surface area contributed by atoms with Crippen LogP contribution in [-0.2, 0) is 11.3 Å². The van der Waals surface area contributed by atoms with Gasteiger partial charge in [-0.1, -0.05) is 22.0 Å². The Hall–Kier alpha value is -0.580. The predicted molar refractivity (Wildman–Crippen MR) is 74.6 cm³/mol. The largest absolute Gasteiger partial charge is 0.380 e. The predicted octanol–water partition coefficient (Wildman–Crippen LogP) is 2.40. The zero-order valence-electron chi connectivity index (χ0n) is 10.2. The highest BCUT2D eigenvalue weighted by Gasteiger charge is 2.11. The molecular weight excluding hydrogens is 280 g/mol. The van der Waals surface area contributed by atoms with Gasteiger partial charge in [-0.3, -0.25) is 0 Å². The number of halogens is 1. The lowest BCUT2D eigenvalue weighted by Crippen LogP contribution is -2.25. The first-order chi connectivity index (χ1) is 8.31. The van der Waals surface area contributed by atoms with Gasteiger partial charge in [-0.25, -0.2) is 0 Å². The molecule has 3 nitrogen and oxygen atoms in total. The van der Waals surface area contributed by atoms with Crippen molar-refractivity contribution in [2.45, 2.75) is 13.0 Å². The van der Waals surface area contributed by atoms with Crippen molar-refractivity contribution in [2.24, 2.45) is 0 Å². The van der Waals surface area contributed by atoms with Crippen molar-refractivity contribution in [1.82, 2.24) is 5.32 Å². The van der Waals surface area contributed by atoms with Crippen LogP contribution in [0.25, 0.3) is 0 Å². The molecule has 1 aromatic rings. The van der Waals surface area contributed by atoms with Crippen LogP contribution in [0.5, 0.6) is 0 Å². The van der Waals surface area contributed by atoms with Crippen molar-refractivity contribution < 1.29 is 4.74 Å². The van der Waals surface area contributed by atoms with Gasteiger partial charge in [0.25, 0.3) is 0 Å². The first-order valence-corrected chi connectivity index (χ1v) is 6.86. The smallest absolute Gasteiger partial charge is 0.0641 e. The molecule has 0 bridgehead atoms. The summed E-state index contributed by atoms with van der Waals surface area (Å²) in [5, 5.41) is 3.17. The molecule has 0 aromatic heterocycles. The van der Waals surface area contributed by atoms with E-state index < -0.39 is 0 Å². The van der Waals surface area contributed by atoms with Gasteiger partial charge in [0, 0.05) is 36.4 Å². The molecular formula is C13H19BrN2O. The van der Waals surface area contributed by atoms with Crippen LogP contribution in [0.4, 0.5) is 5.69 Å². The van der Waals surface area contributed by atoms with Crippen LogP contribution in [0.3, 0.4) is 0 Å². The topological polar surface area (TPSA) is 24.5 Å². The summed E-state index contributed by atoms with van der Waals surface area (Å²) >= 11 is 3.64. The van der Waals surface area contributed by atoms with Crippen LogP contribution in [0, 0.1) is 0 Å². The number of benzene rings is 1. The molecule has 4 heteroatoms. The molecule has 1 aliphatic heterocycles. The lowest BCUT2D eigenvalue weighted by atomic mass is 10.2. The summed E-state index contributed by atoms with van der Waals surface area (Å²) in [7, 11) is 1.96. The Morgan fingerprint density at radius 2 is 2.24 bits per heavy atom. The summed E-state index contributed by atoms with van der Waals surface area (Å²) in [5.41, 5.74) is 2.57. The van der Waals surface area contributed by atoms with E-state index >= 15 is 0 Å². The number of rotatable bonds is 3. The van der Waals surface area contributed by atoms with E-state index in [0.717, 1.165) is 39.3 Å². The SMILES string of the molecule is CNCc1ccc(N2CCCOCC2)cc1Br. The van der Waals surface area contributed by atoms with E-state index in [4.69, 9.17) is 4.74 Å². The minimum atomic E-state index is 0.829. The van der Waals surface area contributed by atoms with Crippen molar-refractivity contribution in [3.05, 3.63) is 28.2 Å². The lowest BCUT2D eigenvalue weighted by molar-refractivity contribution is 0.152. The Bertz CT molecular complexity index is 362. The van der Waals surface area contributed by atoms with Crippen molar-refractivity contribution in [1.29, 1.82) is 0 Å². The molecule has 1 saturated heterocycles. The molecule has 1 aliphatic rings. The van der Waals surface area contributed by atoms with Gasteiger partial charge in [0.1, 0.15) is 0 Å². The normalized spacial score (nSPS) is 16.9. The van der Waals surface area contributed by atoms with Crippen LogP contribution in [0.15, 0.2) is 22.7 Å². The van der Waals surface area contributed by atoms with E-state index in [-0.39, 0.29) is 0 Å². The highest BCUT2D eigenvalue weighted by atomic mass is 79.9. The molecule has 0 amide bonds. The van der Waals surface area contributed by atoms with Crippen LogP contribution < -0.4 is 10.2 Å². The molecule has 17 heavy (non-hydrogen) atoms. The van der Waals surface area contributed by atoms with E-state index in [9.17, 15) is 0 Å². The third kappa shape index (κ3) is 3.44. The molecule has 0 saturated carbocycles. The maximum atomic E-state index is 5.48. The molecule has 1 N–H and O–H groups in total. The molecule has 2 rings (SSSR count). The summed E-state index contributed by atoms with van der Waals surface area (Å²) in [4.78, 5) is 2.39. The third-order valence-corrected chi connectivity index (χ3v) is 3.73. The van der Waals surface area contributed by atoms with Crippen LogP contribution in [0.1, 0.15) is 12.0 Å². The quantitative estimate of drug-likeness (QED) is 0.927. The van der Waals surface area contributed by atoms with E-state index in [2.05, 4.69) is 44.3 Å². The molecule has 0 radical (unpaired) electrons. The van der Waals surface area contributed by atoms with Gasteiger partial charge in [-0.2, -0.15) is 0 Å². The molecule has 0 atom stereocenters. The second kappa shape index (κ2) is 6.38. The Morgan fingerprint density at radius 1 is 1.35 bits per heavy atom. The fraction of sp³-hybridized carbons (Fsp3) is 0.538. The summed E-state index contributed by atoms with van der Waals surface area (Å²) in [5.74, 6) is 0. The van der Waals surface area contributed by atoms with E-state index in [1.807, 2.05) is 7.05 Å². The maximum absolute atomic E-state index is 5.48. The second-order valence-corrected chi connectivity index (χ2v) is 5.11. The summed E-state index contributed by atoms with van der Waals surface area (Å²) in [6.07, 6.45) is 1.11. The fourth-order valence-electron chi connectivity index (χ4n) is 2.07. The lowest BCUT2D eigenvalue weighted by Gasteiger charge is -2.22. The number of nitrogens with zero attached hydrogens (tertiary/aromatic N) is 1. The van der Waals surface area contributed by atoms with Gasteiger partial charge in [0.05, 0.1) is 6.61 Å². The first kappa shape index (κ1) is 12.9. The average Bonchev–Trinajstić information content (AvgIpc) is 2.60. The average molecular weight is 299 g/mol. The van der Waals surface area contributed by atoms with E-state index in [1.165, 1.54) is 15.7 Å². The van der Waals surface area contributed by atoms with Crippen LogP contribution in [-0.4, -0.2) is 33.4 Å². The number of hydrogen-bond acceptors (Lipinski definition) is 3. The third-order valence-electron chi connectivity index (χ3n) is 2.99. The van der Waals surface area contributed by atoms with Crippen LogP contribution >= 0.6 is 15.9 Å². The van der Waals surface area contributed by atoms with Gasteiger partial charge < -0.3 is 15.0 Å². The second-order valence-electron chi connectivity index (χ2n) is 4.26. The molecule has 0 spiro atoms. The summed E-state index contributed by atoms with van der Waals surface area (Å²) < 4.78 is 6.65. The Balaban J connectivity index is 2.12. The van der Waals surface area contributed by atoms with Gasteiger partial charge in [0.15, 0.2) is 0 Å². The van der Waals surface area contributed by atoms with Crippen molar-refractivity contribution in [2.75, 3.05) is 38.3 Å². The fourth-order valence-corrected chi connectivity index (χ4v) is 2.58. The van der Waals surface area contributed by atoms with E-state index in [0.29, 0.717) is 0 Å². The minimum Gasteiger partial charge on any atom is -0.380 e. The van der Waals surface area contributed by atoms with E-state index in [1.54, 1.807) is 0 Å². The van der Waals surface area contributed by atoms with Gasteiger partial charge in [-0.05, 0) is 31.2 Å². The minimum absolute atomic E-state index is 0.829. The zero-order chi connectivity index (χ0) is 12.1. The standard InChI is InChI=1S/C13H19BrN2O/c1-15-10-11-3-4-12(9-13(11)14)16-5-2-7-17-8-6-16/h3-4,9,15H,2,5-8,10H2,1H3. The van der Waals surface area contributed by atoms with Crippen LogP contribution in [0.2, 0.25) is 0 Å². The number of hydrogen-bond donors (Lipinski definition) is 1. The Kier molecular flexibility index (Phi) is 4.83. The first-order valence-electron chi connectivity index (χ1n) is 6.07. The van der Waals surface area contributed by atoms with Gasteiger partial charge in [0.2, 0.25) is 0 Å². The zero-order valence-corrected chi connectivity index (χ0v) is 11.8. The number of anilines is 1. The monoisotopic (exact) mass is 298 g/mol. The highest BCUT2D eigenvalue weighted by Crippen LogP contribution is 2.24. The molecule has 1 aromatic carbocycles. The van der Waals surface area contributed by atoms with Crippen molar-refractivity contribution in [3.63, 3.8) is 0 Å². The molecule has 1 fully saturated rings. The molecule has 94 valence electrons. The number of nitrogens with one attached hydrogen (secondary N) is 1. The molecule has 0 unspecified atom stereocenters. The summed E-state index contributed by atoms with van der Waals surface area (Å²) in [6, 6.07) is 6.59. The molecule has 0 aliphatic carbocycles. The van der Waals surface area contributed by atoms with Crippen molar-refractivity contribution >= 4 is 21.6 Å². The highest BCUT2D eigenvalue weighted by molar-refractivity contribution is 9.10. The summed E-state index contributed by atoms with van der Waals surface area (Å²) in [6.45, 7) is 4.67. The van der Waals surface area contributed by atoms with Gasteiger partial charge >= 0.3 is 0 Å². The Labute approximate surface area is 111 Å². The number of ether oxygens (including phenoxy) is 1. The van der Waals surface area contributed by atoms with Gasteiger partial charge in [-0.15, -0.1) is 0 Å². The Morgan fingerprint density at radius 3 is 3.00 bits per heavy atom.